The van der Waals surface area contributed by atoms with Crippen molar-refractivity contribution < 1.29 is 9.47 Å². The van der Waals surface area contributed by atoms with Crippen molar-refractivity contribution in [2.24, 2.45) is 5.92 Å². The third kappa shape index (κ3) is 3.35. The van der Waals surface area contributed by atoms with Crippen molar-refractivity contribution in [2.75, 3.05) is 20.3 Å². The standard InChI is InChI=1S/C22H25N3O2/c1-15-16(2)21(26-3)5-4-19(15)22-24-10-11-25(22)20-14-27-13-18(20)12-17-6-8-23-9-7-17/h4-11,18,20H,12-14H2,1-3H3/t18-,20+/m0/s1. The first-order chi connectivity index (χ1) is 13.2. The van der Waals surface area contributed by atoms with Gasteiger partial charge >= 0.3 is 0 Å². The first-order valence-corrected chi connectivity index (χ1v) is 9.33. The lowest BCUT2D eigenvalue weighted by atomic mass is 9.94. The summed E-state index contributed by atoms with van der Waals surface area (Å²) in [6, 6.07) is 8.57. The molecule has 0 saturated carbocycles. The van der Waals surface area contributed by atoms with Crippen LogP contribution in [0.4, 0.5) is 0 Å². The van der Waals surface area contributed by atoms with Crippen molar-refractivity contribution in [2.45, 2.75) is 26.3 Å². The molecule has 4 rings (SSSR count). The monoisotopic (exact) mass is 363 g/mol. The summed E-state index contributed by atoms with van der Waals surface area (Å²) in [6.45, 7) is 5.71. The third-order valence-corrected chi connectivity index (χ3v) is 5.64. The summed E-state index contributed by atoms with van der Waals surface area (Å²) in [5, 5.41) is 0. The van der Waals surface area contributed by atoms with Gasteiger partial charge in [0.05, 0.1) is 26.4 Å². The van der Waals surface area contributed by atoms with Crippen molar-refractivity contribution in [3.05, 3.63) is 65.7 Å². The van der Waals surface area contributed by atoms with Crippen LogP contribution in [0.1, 0.15) is 22.7 Å². The largest absolute Gasteiger partial charge is 0.496 e. The predicted molar refractivity (Wildman–Crippen MR) is 105 cm³/mol. The maximum absolute atomic E-state index is 5.86. The fourth-order valence-electron chi connectivity index (χ4n) is 3.96. The molecule has 1 aromatic carbocycles. The van der Waals surface area contributed by atoms with E-state index in [0.717, 1.165) is 35.7 Å². The Morgan fingerprint density at radius 1 is 1.07 bits per heavy atom. The van der Waals surface area contributed by atoms with Gasteiger partial charge in [0, 0.05) is 36.3 Å². The zero-order valence-electron chi connectivity index (χ0n) is 16.1. The maximum atomic E-state index is 5.86. The molecule has 27 heavy (non-hydrogen) atoms. The Morgan fingerprint density at radius 3 is 2.67 bits per heavy atom. The molecule has 1 aliphatic heterocycles. The molecule has 1 fully saturated rings. The molecule has 0 spiro atoms. The summed E-state index contributed by atoms with van der Waals surface area (Å²) in [6.07, 6.45) is 8.65. The molecular weight excluding hydrogens is 338 g/mol. The van der Waals surface area contributed by atoms with Gasteiger partial charge in [-0.2, -0.15) is 0 Å². The van der Waals surface area contributed by atoms with Gasteiger partial charge in [0.2, 0.25) is 0 Å². The highest BCUT2D eigenvalue weighted by Gasteiger charge is 2.31. The maximum Gasteiger partial charge on any atom is 0.140 e. The summed E-state index contributed by atoms with van der Waals surface area (Å²) in [5.41, 5.74) is 4.79. The summed E-state index contributed by atoms with van der Waals surface area (Å²) in [4.78, 5) is 8.80. The Bertz CT molecular complexity index is 921. The zero-order valence-corrected chi connectivity index (χ0v) is 16.1. The van der Waals surface area contributed by atoms with E-state index in [1.165, 1.54) is 11.1 Å². The Kier molecular flexibility index (Phi) is 4.94. The minimum absolute atomic E-state index is 0.275. The molecule has 1 saturated heterocycles. The number of pyridine rings is 1. The Labute approximate surface area is 160 Å². The van der Waals surface area contributed by atoms with E-state index >= 15 is 0 Å². The molecule has 140 valence electrons. The highest BCUT2D eigenvalue weighted by molar-refractivity contribution is 5.65. The van der Waals surface area contributed by atoms with Crippen LogP contribution >= 0.6 is 0 Å². The van der Waals surface area contributed by atoms with E-state index in [2.05, 4.69) is 52.8 Å². The molecule has 3 heterocycles. The van der Waals surface area contributed by atoms with Crippen LogP contribution < -0.4 is 4.74 Å². The van der Waals surface area contributed by atoms with Crippen LogP contribution in [0.3, 0.4) is 0 Å². The van der Waals surface area contributed by atoms with Crippen LogP contribution in [0.2, 0.25) is 0 Å². The molecule has 5 nitrogen and oxygen atoms in total. The van der Waals surface area contributed by atoms with E-state index in [-0.39, 0.29) is 6.04 Å². The number of imidazole rings is 1. The van der Waals surface area contributed by atoms with Crippen LogP contribution in [-0.2, 0) is 11.2 Å². The lowest BCUT2D eigenvalue weighted by Gasteiger charge is -2.22. The summed E-state index contributed by atoms with van der Waals surface area (Å²) < 4.78 is 13.6. The molecule has 0 N–H and O–H groups in total. The number of nitrogens with zero attached hydrogens (tertiary/aromatic N) is 3. The first-order valence-electron chi connectivity index (χ1n) is 9.33. The van der Waals surface area contributed by atoms with E-state index in [9.17, 15) is 0 Å². The van der Waals surface area contributed by atoms with Crippen molar-refractivity contribution in [1.82, 2.24) is 14.5 Å². The van der Waals surface area contributed by atoms with Crippen LogP contribution in [0.5, 0.6) is 5.75 Å². The topological polar surface area (TPSA) is 49.2 Å². The number of rotatable bonds is 5. The molecule has 0 unspecified atom stereocenters. The highest BCUT2D eigenvalue weighted by atomic mass is 16.5. The Morgan fingerprint density at radius 2 is 1.89 bits per heavy atom. The fourth-order valence-corrected chi connectivity index (χ4v) is 3.96. The van der Waals surface area contributed by atoms with Gasteiger partial charge in [0.15, 0.2) is 0 Å². The predicted octanol–water partition coefficient (Wildman–Crippen LogP) is 4.00. The normalized spacial score (nSPS) is 19.4. The molecule has 2 aromatic heterocycles. The van der Waals surface area contributed by atoms with Gasteiger partial charge < -0.3 is 14.0 Å². The Balaban J connectivity index is 1.66. The minimum Gasteiger partial charge on any atom is -0.496 e. The molecule has 0 amide bonds. The minimum atomic E-state index is 0.275. The van der Waals surface area contributed by atoms with E-state index in [4.69, 9.17) is 9.47 Å². The van der Waals surface area contributed by atoms with Gasteiger partial charge in [0.1, 0.15) is 11.6 Å². The van der Waals surface area contributed by atoms with Crippen molar-refractivity contribution >= 4 is 0 Å². The smallest absolute Gasteiger partial charge is 0.140 e. The van der Waals surface area contributed by atoms with Gasteiger partial charge in [-0.25, -0.2) is 4.98 Å². The second-order valence-corrected chi connectivity index (χ2v) is 7.15. The highest BCUT2D eigenvalue weighted by Crippen LogP contribution is 2.35. The van der Waals surface area contributed by atoms with Crippen LogP contribution in [0.15, 0.2) is 49.1 Å². The lowest BCUT2D eigenvalue weighted by Crippen LogP contribution is -2.20. The molecule has 0 bridgehead atoms. The van der Waals surface area contributed by atoms with Gasteiger partial charge in [0.25, 0.3) is 0 Å². The van der Waals surface area contributed by atoms with E-state index in [1.54, 1.807) is 7.11 Å². The first kappa shape index (κ1) is 17.7. The zero-order chi connectivity index (χ0) is 18.8. The quantitative estimate of drug-likeness (QED) is 0.687. The van der Waals surface area contributed by atoms with Gasteiger partial charge in [-0.3, -0.25) is 4.98 Å². The number of methoxy groups -OCH3 is 1. The van der Waals surface area contributed by atoms with Gasteiger partial charge in [-0.1, -0.05) is 0 Å². The summed E-state index contributed by atoms with van der Waals surface area (Å²) >= 11 is 0. The summed E-state index contributed by atoms with van der Waals surface area (Å²) in [5.74, 6) is 2.32. The number of hydrogen-bond donors (Lipinski definition) is 0. The molecule has 2 atom stereocenters. The average molecular weight is 363 g/mol. The average Bonchev–Trinajstić information content (AvgIpc) is 3.34. The molecular formula is C22H25N3O2. The van der Waals surface area contributed by atoms with E-state index in [1.807, 2.05) is 24.7 Å². The van der Waals surface area contributed by atoms with Crippen molar-refractivity contribution in [3.63, 3.8) is 0 Å². The molecule has 1 aliphatic rings. The second-order valence-electron chi connectivity index (χ2n) is 7.15. The number of aromatic nitrogens is 3. The molecule has 3 aromatic rings. The lowest BCUT2D eigenvalue weighted by molar-refractivity contribution is 0.181. The van der Waals surface area contributed by atoms with Gasteiger partial charge in [-0.05, 0) is 61.2 Å². The molecule has 5 heteroatoms. The number of ether oxygens (including phenoxy) is 2. The van der Waals surface area contributed by atoms with E-state index < -0.39 is 0 Å². The third-order valence-electron chi connectivity index (χ3n) is 5.64. The van der Waals surface area contributed by atoms with Crippen LogP contribution in [0, 0.1) is 19.8 Å². The van der Waals surface area contributed by atoms with Crippen LogP contribution in [0.25, 0.3) is 11.4 Å². The van der Waals surface area contributed by atoms with Crippen molar-refractivity contribution in [3.8, 4) is 17.1 Å². The SMILES string of the molecule is COc1ccc(-c2nccn2[C@@H]2COC[C@@H]2Cc2ccncc2)c(C)c1C. The van der Waals surface area contributed by atoms with Crippen LogP contribution in [-0.4, -0.2) is 34.9 Å². The Hall–Kier alpha value is -2.66. The van der Waals surface area contributed by atoms with Crippen molar-refractivity contribution in [1.29, 1.82) is 0 Å². The van der Waals surface area contributed by atoms with E-state index in [0.29, 0.717) is 12.5 Å². The molecule has 0 aliphatic carbocycles. The van der Waals surface area contributed by atoms with Gasteiger partial charge in [-0.15, -0.1) is 0 Å². The summed E-state index contributed by atoms with van der Waals surface area (Å²) in [7, 11) is 1.71. The molecule has 0 radical (unpaired) electrons. The fraction of sp³-hybridized carbons (Fsp3) is 0.364. The second kappa shape index (κ2) is 7.53. The number of benzene rings is 1. The number of hydrogen-bond acceptors (Lipinski definition) is 4.